The van der Waals surface area contributed by atoms with E-state index in [0.717, 1.165) is 37.3 Å². The third-order valence-electron chi connectivity index (χ3n) is 3.78. The lowest BCUT2D eigenvalue weighted by Crippen LogP contribution is -2.52. The average molecular weight is 278 g/mol. The zero-order valence-corrected chi connectivity index (χ0v) is 13.2. The van der Waals surface area contributed by atoms with Crippen LogP contribution >= 0.6 is 0 Å². The predicted octanol–water partition coefficient (Wildman–Crippen LogP) is 1.77. The van der Waals surface area contributed by atoms with Gasteiger partial charge in [0.25, 0.3) is 0 Å². The van der Waals surface area contributed by atoms with Crippen LogP contribution in [0.25, 0.3) is 0 Å². The molecule has 1 aromatic heterocycles. The number of aryl methyl sites for hydroxylation is 1. The molecule has 1 amide bonds. The first kappa shape index (κ1) is 15.0. The zero-order valence-electron chi connectivity index (χ0n) is 13.2. The van der Waals surface area contributed by atoms with E-state index in [1.54, 1.807) is 0 Å². The van der Waals surface area contributed by atoms with Crippen molar-refractivity contribution >= 4 is 5.91 Å². The molecule has 5 heteroatoms. The molecule has 5 nitrogen and oxygen atoms in total. The monoisotopic (exact) mass is 278 g/mol. The van der Waals surface area contributed by atoms with Crippen LogP contribution in [0, 0.1) is 6.92 Å². The van der Waals surface area contributed by atoms with Gasteiger partial charge in [-0.3, -0.25) is 14.8 Å². The molecule has 0 saturated carbocycles. The molecule has 2 rings (SSSR count). The first-order valence-electron chi connectivity index (χ1n) is 7.40. The van der Waals surface area contributed by atoms with Crippen molar-refractivity contribution in [2.24, 2.45) is 0 Å². The molecule has 2 N–H and O–H groups in total. The van der Waals surface area contributed by atoms with E-state index < -0.39 is 0 Å². The number of amides is 1. The summed E-state index contributed by atoms with van der Waals surface area (Å²) in [5, 5.41) is 10.5. The topological polar surface area (TPSA) is 61.0 Å². The van der Waals surface area contributed by atoms with E-state index in [2.05, 4.69) is 27.3 Å². The van der Waals surface area contributed by atoms with Crippen LogP contribution in [0.3, 0.4) is 0 Å². The van der Waals surface area contributed by atoms with E-state index in [0.29, 0.717) is 0 Å². The quantitative estimate of drug-likeness (QED) is 0.886. The van der Waals surface area contributed by atoms with Crippen molar-refractivity contribution in [2.45, 2.75) is 65.6 Å². The second-order valence-electron chi connectivity index (χ2n) is 6.66. The lowest BCUT2D eigenvalue weighted by atomic mass is 10.0. The average Bonchev–Trinajstić information content (AvgIpc) is 2.70. The molecular formula is C15H26N4O. The number of rotatable bonds is 3. The highest BCUT2D eigenvalue weighted by Crippen LogP contribution is 2.22. The summed E-state index contributed by atoms with van der Waals surface area (Å²) in [6, 6.07) is -0.0586. The zero-order chi connectivity index (χ0) is 14.9. The van der Waals surface area contributed by atoms with E-state index in [9.17, 15) is 4.79 Å². The van der Waals surface area contributed by atoms with Crippen LogP contribution in [0.2, 0.25) is 0 Å². The minimum Gasteiger partial charge on any atom is -0.350 e. The molecule has 0 saturated heterocycles. The Kier molecular flexibility index (Phi) is 4.18. The highest BCUT2D eigenvalue weighted by atomic mass is 16.2. The van der Waals surface area contributed by atoms with Gasteiger partial charge in [-0.15, -0.1) is 0 Å². The molecule has 0 fully saturated rings. The van der Waals surface area contributed by atoms with Crippen molar-refractivity contribution in [3.63, 3.8) is 0 Å². The van der Waals surface area contributed by atoms with Crippen molar-refractivity contribution in [3.8, 4) is 0 Å². The van der Waals surface area contributed by atoms with Crippen molar-refractivity contribution in [1.29, 1.82) is 0 Å². The molecule has 20 heavy (non-hydrogen) atoms. The third-order valence-corrected chi connectivity index (χ3v) is 3.78. The SMILES string of the molecule is CC[C@H](C(=O)NC(C)(C)C)N1CCc2n[nH]c(C)c2C1. The number of nitrogens with zero attached hydrogens (tertiary/aromatic N) is 2. The molecule has 0 radical (unpaired) electrons. The molecule has 0 spiro atoms. The fourth-order valence-electron chi connectivity index (χ4n) is 2.78. The fourth-order valence-corrected chi connectivity index (χ4v) is 2.78. The number of fused-ring (bicyclic) bond motifs is 1. The normalized spacial score (nSPS) is 17.6. The third kappa shape index (κ3) is 3.20. The summed E-state index contributed by atoms with van der Waals surface area (Å²) in [7, 11) is 0. The maximum Gasteiger partial charge on any atom is 0.237 e. The smallest absolute Gasteiger partial charge is 0.237 e. The van der Waals surface area contributed by atoms with Gasteiger partial charge in [-0.1, -0.05) is 6.92 Å². The molecule has 0 unspecified atom stereocenters. The van der Waals surface area contributed by atoms with Crippen LogP contribution in [0.4, 0.5) is 0 Å². The van der Waals surface area contributed by atoms with E-state index in [-0.39, 0.29) is 17.5 Å². The maximum absolute atomic E-state index is 12.4. The lowest BCUT2D eigenvalue weighted by molar-refractivity contribution is -0.128. The van der Waals surface area contributed by atoms with Crippen LogP contribution in [0.15, 0.2) is 0 Å². The Morgan fingerprint density at radius 3 is 2.80 bits per heavy atom. The highest BCUT2D eigenvalue weighted by molar-refractivity contribution is 5.82. The number of nitrogens with one attached hydrogen (secondary N) is 2. The van der Waals surface area contributed by atoms with Gasteiger partial charge in [-0.2, -0.15) is 5.10 Å². The van der Waals surface area contributed by atoms with Gasteiger partial charge in [-0.05, 0) is 34.1 Å². The van der Waals surface area contributed by atoms with E-state index >= 15 is 0 Å². The van der Waals surface area contributed by atoms with Crippen LogP contribution < -0.4 is 5.32 Å². The van der Waals surface area contributed by atoms with Crippen LogP contribution in [-0.4, -0.2) is 39.1 Å². The largest absolute Gasteiger partial charge is 0.350 e. The molecule has 2 heterocycles. The van der Waals surface area contributed by atoms with Gasteiger partial charge in [0, 0.05) is 36.3 Å². The summed E-state index contributed by atoms with van der Waals surface area (Å²) in [5.41, 5.74) is 3.36. The molecule has 112 valence electrons. The Morgan fingerprint density at radius 2 is 2.20 bits per heavy atom. The van der Waals surface area contributed by atoms with Crippen LogP contribution in [-0.2, 0) is 17.8 Å². The van der Waals surface area contributed by atoms with Crippen LogP contribution in [0.1, 0.15) is 51.1 Å². The Bertz CT molecular complexity index is 487. The van der Waals surface area contributed by atoms with Crippen molar-refractivity contribution in [3.05, 3.63) is 17.0 Å². The number of aromatic nitrogens is 2. The Balaban J connectivity index is 2.10. The maximum atomic E-state index is 12.4. The number of hydrogen-bond acceptors (Lipinski definition) is 3. The number of carbonyl (C=O) groups excluding carboxylic acids is 1. The fraction of sp³-hybridized carbons (Fsp3) is 0.733. The highest BCUT2D eigenvalue weighted by Gasteiger charge is 2.30. The first-order valence-corrected chi connectivity index (χ1v) is 7.40. The van der Waals surface area contributed by atoms with Crippen molar-refractivity contribution in [1.82, 2.24) is 20.4 Å². The molecule has 1 aliphatic heterocycles. The molecule has 1 atom stereocenters. The van der Waals surface area contributed by atoms with Gasteiger partial charge in [0.1, 0.15) is 0 Å². The number of carbonyl (C=O) groups is 1. The molecular weight excluding hydrogens is 252 g/mol. The minimum absolute atomic E-state index is 0.0586. The van der Waals surface area contributed by atoms with Crippen molar-refractivity contribution < 1.29 is 4.79 Å². The van der Waals surface area contributed by atoms with Crippen LogP contribution in [0.5, 0.6) is 0 Å². The second kappa shape index (κ2) is 5.56. The van der Waals surface area contributed by atoms with E-state index in [1.165, 1.54) is 5.56 Å². The number of hydrogen-bond donors (Lipinski definition) is 2. The lowest BCUT2D eigenvalue weighted by Gasteiger charge is -2.34. The Hall–Kier alpha value is -1.36. The second-order valence-corrected chi connectivity index (χ2v) is 6.66. The summed E-state index contributed by atoms with van der Waals surface area (Å²) in [4.78, 5) is 14.7. The molecule has 1 aromatic rings. The molecule has 0 aromatic carbocycles. The van der Waals surface area contributed by atoms with E-state index in [4.69, 9.17) is 0 Å². The van der Waals surface area contributed by atoms with Gasteiger partial charge < -0.3 is 5.32 Å². The van der Waals surface area contributed by atoms with Gasteiger partial charge >= 0.3 is 0 Å². The summed E-state index contributed by atoms with van der Waals surface area (Å²) in [6.07, 6.45) is 1.74. The van der Waals surface area contributed by atoms with Gasteiger partial charge in [0.15, 0.2) is 0 Å². The minimum atomic E-state index is -0.184. The molecule has 0 bridgehead atoms. The number of aromatic amines is 1. The summed E-state index contributed by atoms with van der Waals surface area (Å²) < 4.78 is 0. The first-order chi connectivity index (χ1) is 9.31. The summed E-state index contributed by atoms with van der Waals surface area (Å²) >= 11 is 0. The Morgan fingerprint density at radius 1 is 1.50 bits per heavy atom. The molecule has 0 aliphatic carbocycles. The Labute approximate surface area is 121 Å². The summed E-state index contributed by atoms with van der Waals surface area (Å²) in [5.74, 6) is 0.129. The van der Waals surface area contributed by atoms with Crippen molar-refractivity contribution in [2.75, 3.05) is 6.54 Å². The standard InChI is InChI=1S/C15H26N4O/c1-6-13(14(20)16-15(3,4)5)19-8-7-12-11(9-19)10(2)17-18-12/h13H,6-9H2,1-5H3,(H,16,20)(H,17,18)/t13-/m1/s1. The molecule has 1 aliphatic rings. The van der Waals surface area contributed by atoms with E-state index in [1.807, 2.05) is 27.7 Å². The number of H-pyrrole nitrogens is 1. The van der Waals surface area contributed by atoms with Gasteiger partial charge in [-0.25, -0.2) is 0 Å². The van der Waals surface area contributed by atoms with Gasteiger partial charge in [0.05, 0.1) is 11.7 Å². The predicted molar refractivity (Wildman–Crippen MR) is 79.4 cm³/mol. The van der Waals surface area contributed by atoms with Gasteiger partial charge in [0.2, 0.25) is 5.91 Å². The summed E-state index contributed by atoms with van der Waals surface area (Å²) in [6.45, 7) is 11.9.